The number of carbonyl (C=O) groups is 2. The SMILES string of the molecule is COc1cc2nccc(Oc3ccc(N(C(=O)C4(C(=O)O)CC4)c4ccc(F)cc4)cc3)c2cc1OC. The fourth-order valence-corrected chi connectivity index (χ4v) is 4.16. The predicted octanol–water partition coefficient (Wildman–Crippen LogP) is 5.71. The van der Waals surface area contributed by atoms with E-state index in [4.69, 9.17) is 14.2 Å². The fraction of sp³-hybridized carbons (Fsp3) is 0.179. The summed E-state index contributed by atoms with van der Waals surface area (Å²) in [4.78, 5) is 30.9. The van der Waals surface area contributed by atoms with Crippen LogP contribution in [0.25, 0.3) is 10.9 Å². The van der Waals surface area contributed by atoms with E-state index in [-0.39, 0.29) is 12.8 Å². The Balaban J connectivity index is 1.48. The van der Waals surface area contributed by atoms with Crippen LogP contribution in [0, 0.1) is 11.2 Å². The summed E-state index contributed by atoms with van der Waals surface area (Å²) >= 11 is 0. The Hall–Kier alpha value is -4.66. The van der Waals surface area contributed by atoms with Gasteiger partial charge < -0.3 is 19.3 Å². The van der Waals surface area contributed by atoms with E-state index in [1.165, 1.54) is 29.2 Å². The minimum Gasteiger partial charge on any atom is -0.493 e. The average Bonchev–Trinajstić information content (AvgIpc) is 3.73. The van der Waals surface area contributed by atoms with E-state index in [1.54, 1.807) is 62.9 Å². The number of fused-ring (bicyclic) bond motifs is 1. The van der Waals surface area contributed by atoms with Crippen LogP contribution in [0.2, 0.25) is 0 Å². The van der Waals surface area contributed by atoms with Crippen LogP contribution in [-0.4, -0.2) is 36.2 Å². The molecule has 1 aromatic heterocycles. The number of carbonyl (C=O) groups excluding carboxylic acids is 1. The number of aliphatic carboxylic acids is 1. The molecule has 1 saturated carbocycles. The minimum atomic E-state index is -1.47. The summed E-state index contributed by atoms with van der Waals surface area (Å²) in [6.45, 7) is 0. The van der Waals surface area contributed by atoms with E-state index in [0.29, 0.717) is 45.3 Å². The number of rotatable bonds is 8. The predicted molar refractivity (Wildman–Crippen MR) is 134 cm³/mol. The van der Waals surface area contributed by atoms with E-state index >= 15 is 0 Å². The molecule has 0 saturated heterocycles. The minimum absolute atomic E-state index is 0.253. The van der Waals surface area contributed by atoms with Gasteiger partial charge in [0.15, 0.2) is 11.5 Å². The largest absolute Gasteiger partial charge is 0.493 e. The van der Waals surface area contributed by atoms with Gasteiger partial charge in [-0.05, 0) is 73.5 Å². The Kier molecular flexibility index (Phi) is 6.12. The molecule has 4 aromatic rings. The Morgan fingerprint density at radius 1 is 0.892 bits per heavy atom. The number of hydrogen-bond donors (Lipinski definition) is 1. The van der Waals surface area contributed by atoms with Gasteiger partial charge in [0, 0.05) is 29.0 Å². The van der Waals surface area contributed by atoms with Crippen molar-refractivity contribution in [2.24, 2.45) is 5.41 Å². The zero-order chi connectivity index (χ0) is 26.2. The number of aromatic nitrogens is 1. The van der Waals surface area contributed by atoms with Crippen molar-refractivity contribution in [3.8, 4) is 23.0 Å². The standard InChI is InChI=1S/C28H23FN2O6/c1-35-24-15-21-22(16-25(24)36-2)30-14-11-23(21)37-20-9-7-19(8-10-20)31(18-5-3-17(29)4-6-18)26(32)28(12-13-28)27(33)34/h3-11,14-16H,12-13H2,1-2H3,(H,33,34). The number of ether oxygens (including phenoxy) is 3. The average molecular weight is 502 g/mol. The number of amides is 1. The maximum Gasteiger partial charge on any atom is 0.319 e. The van der Waals surface area contributed by atoms with Crippen LogP contribution < -0.4 is 19.1 Å². The quantitative estimate of drug-likeness (QED) is 0.308. The molecule has 5 rings (SSSR count). The second-order valence-electron chi connectivity index (χ2n) is 8.63. The summed E-state index contributed by atoms with van der Waals surface area (Å²) in [6, 6.07) is 17.3. The van der Waals surface area contributed by atoms with Crippen LogP contribution >= 0.6 is 0 Å². The molecule has 0 bridgehead atoms. The molecule has 8 nitrogen and oxygen atoms in total. The van der Waals surface area contributed by atoms with Gasteiger partial charge in [0.2, 0.25) is 5.91 Å². The first kappa shape index (κ1) is 24.1. The third kappa shape index (κ3) is 4.40. The Morgan fingerprint density at radius 2 is 1.49 bits per heavy atom. The summed E-state index contributed by atoms with van der Waals surface area (Å²) < 4.78 is 30.4. The Labute approximate surface area is 211 Å². The molecular formula is C28H23FN2O6. The van der Waals surface area contributed by atoms with Crippen LogP contribution in [-0.2, 0) is 9.59 Å². The van der Waals surface area contributed by atoms with E-state index in [1.807, 2.05) is 0 Å². The number of methoxy groups -OCH3 is 2. The maximum absolute atomic E-state index is 13.6. The van der Waals surface area contributed by atoms with E-state index < -0.39 is 23.1 Å². The van der Waals surface area contributed by atoms with Crippen molar-refractivity contribution in [1.82, 2.24) is 4.98 Å². The number of nitrogens with zero attached hydrogens (tertiary/aromatic N) is 2. The molecule has 0 aliphatic heterocycles. The third-order valence-corrected chi connectivity index (χ3v) is 6.39. The van der Waals surface area contributed by atoms with Crippen LogP contribution in [0.1, 0.15) is 12.8 Å². The number of halogens is 1. The molecule has 1 aliphatic rings. The van der Waals surface area contributed by atoms with E-state index in [2.05, 4.69) is 4.98 Å². The highest BCUT2D eigenvalue weighted by Crippen LogP contribution is 2.49. The van der Waals surface area contributed by atoms with Gasteiger partial charge in [-0.25, -0.2) is 4.39 Å². The molecule has 1 heterocycles. The van der Waals surface area contributed by atoms with Crippen molar-refractivity contribution in [3.05, 3.63) is 78.7 Å². The summed E-state index contributed by atoms with van der Waals surface area (Å²) in [5, 5.41) is 10.4. The summed E-state index contributed by atoms with van der Waals surface area (Å²) in [7, 11) is 3.09. The van der Waals surface area contributed by atoms with Crippen LogP contribution in [0.3, 0.4) is 0 Å². The van der Waals surface area contributed by atoms with Gasteiger partial charge >= 0.3 is 5.97 Å². The lowest BCUT2D eigenvalue weighted by Gasteiger charge is -2.26. The highest BCUT2D eigenvalue weighted by molar-refractivity contribution is 6.15. The Morgan fingerprint density at radius 3 is 2.05 bits per heavy atom. The number of carboxylic acids is 1. The van der Waals surface area contributed by atoms with Crippen molar-refractivity contribution in [1.29, 1.82) is 0 Å². The molecule has 1 amide bonds. The molecule has 0 atom stereocenters. The molecule has 9 heteroatoms. The first-order chi connectivity index (χ1) is 17.9. The van der Waals surface area contributed by atoms with Crippen molar-refractivity contribution < 1.29 is 33.3 Å². The first-order valence-corrected chi connectivity index (χ1v) is 11.5. The summed E-state index contributed by atoms with van der Waals surface area (Å²) in [5.74, 6) is -0.0981. The van der Waals surface area contributed by atoms with Gasteiger partial charge in [-0.2, -0.15) is 0 Å². The lowest BCUT2D eigenvalue weighted by molar-refractivity contribution is -0.147. The molecule has 3 aromatic carbocycles. The molecule has 0 spiro atoms. The lowest BCUT2D eigenvalue weighted by atomic mass is 10.0. The van der Waals surface area contributed by atoms with Gasteiger partial charge in [0.1, 0.15) is 22.7 Å². The molecule has 37 heavy (non-hydrogen) atoms. The number of hydrogen-bond acceptors (Lipinski definition) is 6. The zero-order valence-electron chi connectivity index (χ0n) is 20.1. The molecule has 0 radical (unpaired) electrons. The topological polar surface area (TPSA) is 98.2 Å². The van der Waals surface area contributed by atoms with Gasteiger partial charge in [-0.15, -0.1) is 0 Å². The smallest absolute Gasteiger partial charge is 0.319 e. The van der Waals surface area contributed by atoms with Gasteiger partial charge in [-0.1, -0.05) is 0 Å². The molecular weight excluding hydrogens is 479 g/mol. The monoisotopic (exact) mass is 502 g/mol. The molecule has 1 aliphatic carbocycles. The number of benzene rings is 3. The van der Waals surface area contributed by atoms with Crippen LogP contribution in [0.5, 0.6) is 23.0 Å². The highest BCUT2D eigenvalue weighted by atomic mass is 19.1. The van der Waals surface area contributed by atoms with Crippen molar-refractivity contribution in [2.45, 2.75) is 12.8 Å². The van der Waals surface area contributed by atoms with Crippen molar-refractivity contribution >= 4 is 34.2 Å². The normalized spacial score (nSPS) is 13.6. The zero-order valence-corrected chi connectivity index (χ0v) is 20.1. The molecule has 188 valence electrons. The van der Waals surface area contributed by atoms with E-state index in [0.717, 1.165) is 0 Å². The number of pyridine rings is 1. The number of carboxylic acid groups (broad SMARTS) is 1. The maximum atomic E-state index is 13.6. The Bertz CT molecular complexity index is 1480. The van der Waals surface area contributed by atoms with Crippen molar-refractivity contribution in [2.75, 3.05) is 19.1 Å². The van der Waals surface area contributed by atoms with Crippen LogP contribution in [0.4, 0.5) is 15.8 Å². The van der Waals surface area contributed by atoms with Gasteiger partial charge in [0.25, 0.3) is 0 Å². The summed E-state index contributed by atoms with van der Waals surface area (Å²) in [6.07, 6.45) is 2.13. The van der Waals surface area contributed by atoms with Gasteiger partial charge in [-0.3, -0.25) is 19.5 Å². The highest BCUT2D eigenvalue weighted by Gasteiger charge is 2.59. The number of anilines is 2. The lowest BCUT2D eigenvalue weighted by Crippen LogP contribution is -2.38. The third-order valence-electron chi connectivity index (χ3n) is 6.39. The van der Waals surface area contributed by atoms with E-state index in [9.17, 15) is 19.1 Å². The first-order valence-electron chi connectivity index (χ1n) is 11.5. The van der Waals surface area contributed by atoms with Gasteiger partial charge in [0.05, 0.1) is 19.7 Å². The summed E-state index contributed by atoms with van der Waals surface area (Å²) in [5.41, 5.74) is -0.0147. The molecule has 0 unspecified atom stereocenters. The molecule has 1 N–H and O–H groups in total. The fourth-order valence-electron chi connectivity index (χ4n) is 4.16. The second-order valence-corrected chi connectivity index (χ2v) is 8.63. The molecule has 1 fully saturated rings. The second kappa shape index (κ2) is 9.42. The van der Waals surface area contributed by atoms with Crippen LogP contribution in [0.15, 0.2) is 72.9 Å². The van der Waals surface area contributed by atoms with Crippen molar-refractivity contribution in [3.63, 3.8) is 0 Å².